The summed E-state index contributed by atoms with van der Waals surface area (Å²) in [6.07, 6.45) is 13.8. The van der Waals surface area contributed by atoms with Gasteiger partial charge in [-0.15, -0.1) is 0 Å². The van der Waals surface area contributed by atoms with Crippen molar-refractivity contribution in [2.45, 2.75) is 71.1 Å². The van der Waals surface area contributed by atoms with Crippen molar-refractivity contribution in [1.29, 1.82) is 0 Å². The molecule has 0 heterocycles. The Balaban J connectivity index is 1.93. The highest BCUT2D eigenvalue weighted by atomic mass is 16.5. The number of hydrogen-bond donors (Lipinski definition) is 0. The van der Waals surface area contributed by atoms with Crippen LogP contribution >= 0.6 is 0 Å². The van der Waals surface area contributed by atoms with Crippen molar-refractivity contribution >= 4 is 5.69 Å². The zero-order valence-corrected chi connectivity index (χ0v) is 15.7. The van der Waals surface area contributed by atoms with Crippen LogP contribution in [0.2, 0.25) is 0 Å². The maximum atomic E-state index is 5.90. The van der Waals surface area contributed by atoms with E-state index in [0.717, 1.165) is 17.8 Å². The Kier molecular flexibility index (Phi) is 11.0. The maximum Gasteiger partial charge on any atom is 0.187 e. The molecule has 1 rings (SSSR count). The molecule has 0 radical (unpaired) electrons. The molecule has 0 aliphatic carbocycles. The molecule has 0 amide bonds. The van der Waals surface area contributed by atoms with Gasteiger partial charge in [0, 0.05) is 0 Å². The molecule has 0 unspecified atom stereocenters. The van der Waals surface area contributed by atoms with Gasteiger partial charge in [0.2, 0.25) is 0 Å². The third-order valence-electron chi connectivity index (χ3n) is 4.51. The van der Waals surface area contributed by atoms with Crippen LogP contribution in [0.3, 0.4) is 0 Å². The molecule has 0 N–H and O–H groups in total. The molecular weight excluding hydrogens is 282 g/mol. The van der Waals surface area contributed by atoms with Gasteiger partial charge in [0.25, 0.3) is 0 Å². The van der Waals surface area contributed by atoms with Crippen LogP contribution in [0.15, 0.2) is 30.3 Å². The van der Waals surface area contributed by atoms with E-state index in [4.69, 9.17) is 4.74 Å². The quantitative estimate of drug-likeness (QED) is 0.227. The van der Waals surface area contributed by atoms with E-state index in [-0.39, 0.29) is 0 Å². The molecule has 0 aliphatic rings. The van der Waals surface area contributed by atoms with Crippen molar-refractivity contribution in [2.75, 3.05) is 27.4 Å². The molecule has 0 saturated carbocycles. The minimum atomic E-state index is 0.751. The zero-order chi connectivity index (χ0) is 16.8. The van der Waals surface area contributed by atoms with E-state index in [9.17, 15) is 0 Å². The van der Waals surface area contributed by atoms with Crippen LogP contribution in [0.4, 0.5) is 5.69 Å². The fourth-order valence-electron chi connectivity index (χ4n) is 2.89. The van der Waals surface area contributed by atoms with Gasteiger partial charge < -0.3 is 4.74 Å². The van der Waals surface area contributed by atoms with Crippen molar-refractivity contribution in [3.05, 3.63) is 30.3 Å². The molecule has 0 aromatic heterocycles. The van der Waals surface area contributed by atoms with E-state index in [1.165, 1.54) is 69.9 Å². The Morgan fingerprint density at radius 1 is 0.739 bits per heavy atom. The summed E-state index contributed by atoms with van der Waals surface area (Å²) >= 11 is 0. The predicted octanol–water partition coefficient (Wildman–Crippen LogP) is 6.15. The Bertz CT molecular complexity index is 375. The van der Waals surface area contributed by atoms with Crippen LogP contribution in [-0.2, 0) is 4.74 Å². The van der Waals surface area contributed by atoms with E-state index in [2.05, 4.69) is 51.4 Å². The van der Waals surface area contributed by atoms with Crippen molar-refractivity contribution < 1.29 is 4.74 Å². The molecule has 1 aromatic carbocycles. The first-order valence-corrected chi connectivity index (χ1v) is 9.63. The minimum Gasteiger partial charge on any atom is -0.331 e. The van der Waals surface area contributed by atoms with Gasteiger partial charge in [0.15, 0.2) is 6.73 Å². The van der Waals surface area contributed by atoms with E-state index in [1.54, 1.807) is 0 Å². The number of unbranched alkanes of at least 4 members (excludes halogenated alkanes) is 9. The minimum absolute atomic E-state index is 0.751. The van der Waals surface area contributed by atoms with E-state index in [1.807, 2.05) is 0 Å². The third-order valence-corrected chi connectivity index (χ3v) is 4.51. The van der Waals surface area contributed by atoms with Gasteiger partial charge in [-0.05, 0) is 18.6 Å². The van der Waals surface area contributed by atoms with Gasteiger partial charge in [0.05, 0.1) is 20.7 Å². The van der Waals surface area contributed by atoms with Gasteiger partial charge in [-0.1, -0.05) is 82.9 Å². The molecule has 2 nitrogen and oxygen atoms in total. The summed E-state index contributed by atoms with van der Waals surface area (Å²) in [5, 5.41) is 0. The topological polar surface area (TPSA) is 9.23 Å². The molecule has 0 saturated heterocycles. The maximum absolute atomic E-state index is 5.90. The summed E-state index contributed by atoms with van der Waals surface area (Å²) in [5.74, 6) is 0. The van der Waals surface area contributed by atoms with E-state index < -0.39 is 0 Å². The van der Waals surface area contributed by atoms with Gasteiger partial charge in [-0.25, -0.2) is 0 Å². The van der Waals surface area contributed by atoms with Gasteiger partial charge >= 0.3 is 0 Å². The van der Waals surface area contributed by atoms with Gasteiger partial charge in [0.1, 0.15) is 5.69 Å². The van der Waals surface area contributed by atoms with Gasteiger partial charge in [-0.3, -0.25) is 4.48 Å². The molecule has 23 heavy (non-hydrogen) atoms. The average Bonchev–Trinajstić information content (AvgIpc) is 2.56. The first-order chi connectivity index (χ1) is 11.2. The SMILES string of the molecule is CCCCCCCCCCCCOC[N+](C)(C)c1ccccc1. The Morgan fingerprint density at radius 3 is 1.83 bits per heavy atom. The lowest BCUT2D eigenvalue weighted by molar-refractivity contribution is 0.0562. The molecule has 132 valence electrons. The van der Waals surface area contributed by atoms with Crippen LogP contribution in [0, 0.1) is 0 Å². The van der Waals surface area contributed by atoms with Crippen LogP contribution < -0.4 is 4.48 Å². The fraction of sp³-hybridized carbons (Fsp3) is 0.714. The zero-order valence-electron chi connectivity index (χ0n) is 15.7. The molecule has 1 aromatic rings. The summed E-state index contributed by atoms with van der Waals surface area (Å²) in [5.41, 5.74) is 1.30. The fourth-order valence-corrected chi connectivity index (χ4v) is 2.89. The molecule has 0 aliphatic heterocycles. The molecule has 0 bridgehead atoms. The van der Waals surface area contributed by atoms with Crippen LogP contribution in [0.25, 0.3) is 0 Å². The highest BCUT2D eigenvalue weighted by Crippen LogP contribution is 2.17. The lowest BCUT2D eigenvalue weighted by Crippen LogP contribution is -2.42. The molecule has 2 heteroatoms. The third kappa shape index (κ3) is 9.78. The number of hydrogen-bond acceptors (Lipinski definition) is 1. The second kappa shape index (κ2) is 12.5. The summed E-state index contributed by atoms with van der Waals surface area (Å²) in [4.78, 5) is 0. The number of benzene rings is 1. The van der Waals surface area contributed by atoms with E-state index >= 15 is 0 Å². The summed E-state index contributed by atoms with van der Waals surface area (Å²) in [6.45, 7) is 3.92. The summed E-state index contributed by atoms with van der Waals surface area (Å²) in [6, 6.07) is 10.6. The number of ether oxygens (including phenoxy) is 1. The summed E-state index contributed by atoms with van der Waals surface area (Å²) < 4.78 is 6.69. The standard InChI is InChI=1S/C21H38NO/c1-4-5-6-7-8-9-10-11-12-16-19-23-20-22(2,3)21-17-14-13-15-18-21/h13-15,17-18H,4-12,16,19-20H2,1-3H3/q+1. The molecule has 0 fully saturated rings. The molecule has 0 atom stereocenters. The van der Waals surface area contributed by atoms with Crippen molar-refractivity contribution in [1.82, 2.24) is 4.48 Å². The lowest BCUT2D eigenvalue weighted by atomic mass is 10.1. The molecular formula is C21H38NO+. The first kappa shape index (κ1) is 20.2. The Hall–Kier alpha value is -0.860. The second-order valence-corrected chi connectivity index (χ2v) is 7.24. The average molecular weight is 321 g/mol. The first-order valence-electron chi connectivity index (χ1n) is 9.63. The van der Waals surface area contributed by atoms with Crippen LogP contribution in [0.5, 0.6) is 0 Å². The number of para-hydroxylation sites is 1. The number of nitrogens with zero attached hydrogens (tertiary/aromatic N) is 1. The van der Waals surface area contributed by atoms with Crippen molar-refractivity contribution in [3.63, 3.8) is 0 Å². The number of quaternary nitrogens is 1. The highest BCUT2D eigenvalue weighted by molar-refractivity contribution is 5.40. The smallest absolute Gasteiger partial charge is 0.187 e. The van der Waals surface area contributed by atoms with Gasteiger partial charge in [-0.2, -0.15) is 0 Å². The van der Waals surface area contributed by atoms with Crippen LogP contribution in [-0.4, -0.2) is 27.4 Å². The Morgan fingerprint density at radius 2 is 1.26 bits per heavy atom. The second-order valence-electron chi connectivity index (χ2n) is 7.24. The van der Waals surface area contributed by atoms with E-state index in [0.29, 0.717) is 0 Å². The number of rotatable bonds is 14. The normalized spacial score (nSPS) is 11.8. The van der Waals surface area contributed by atoms with Crippen molar-refractivity contribution in [3.8, 4) is 0 Å². The highest BCUT2D eigenvalue weighted by Gasteiger charge is 2.17. The largest absolute Gasteiger partial charge is 0.331 e. The molecule has 0 spiro atoms. The predicted molar refractivity (Wildman–Crippen MR) is 103 cm³/mol. The van der Waals surface area contributed by atoms with Crippen LogP contribution in [0.1, 0.15) is 71.1 Å². The monoisotopic (exact) mass is 320 g/mol. The summed E-state index contributed by atoms with van der Waals surface area (Å²) in [7, 11) is 4.40. The lowest BCUT2D eigenvalue weighted by Gasteiger charge is -2.28. The Labute approximate surface area is 144 Å². The van der Waals surface area contributed by atoms with Crippen molar-refractivity contribution in [2.24, 2.45) is 0 Å².